The van der Waals surface area contributed by atoms with Crippen LogP contribution in [0.4, 0.5) is 0 Å². The van der Waals surface area contributed by atoms with Crippen molar-refractivity contribution in [1.82, 2.24) is 9.80 Å². The maximum absolute atomic E-state index is 13.1. The highest BCUT2D eigenvalue weighted by Crippen LogP contribution is 2.41. The van der Waals surface area contributed by atoms with Crippen molar-refractivity contribution in [1.29, 1.82) is 0 Å². The Hall–Kier alpha value is -2.87. The summed E-state index contributed by atoms with van der Waals surface area (Å²) in [6.07, 6.45) is 0. The summed E-state index contributed by atoms with van der Waals surface area (Å²) in [5.74, 6) is -0.969. The van der Waals surface area contributed by atoms with Gasteiger partial charge in [-0.1, -0.05) is 29.8 Å². The van der Waals surface area contributed by atoms with Gasteiger partial charge < -0.3 is 19.5 Å². The van der Waals surface area contributed by atoms with Crippen molar-refractivity contribution in [3.05, 3.63) is 70.3 Å². The van der Waals surface area contributed by atoms with Crippen LogP contribution >= 0.6 is 11.6 Å². The lowest BCUT2D eigenvalue weighted by atomic mass is 9.95. The van der Waals surface area contributed by atoms with E-state index in [-0.39, 0.29) is 11.3 Å². The molecule has 168 valence electrons. The van der Waals surface area contributed by atoms with Gasteiger partial charge in [-0.3, -0.25) is 14.5 Å². The zero-order chi connectivity index (χ0) is 22.7. The van der Waals surface area contributed by atoms with Crippen molar-refractivity contribution in [2.45, 2.75) is 6.04 Å². The third-order valence-electron chi connectivity index (χ3n) is 5.86. The minimum Gasteiger partial charge on any atom is -0.507 e. The lowest BCUT2D eigenvalue weighted by Gasteiger charge is -2.31. The van der Waals surface area contributed by atoms with E-state index in [1.807, 2.05) is 0 Å². The van der Waals surface area contributed by atoms with E-state index < -0.39 is 17.7 Å². The largest absolute Gasteiger partial charge is 0.507 e. The van der Waals surface area contributed by atoms with Gasteiger partial charge in [0, 0.05) is 36.8 Å². The summed E-state index contributed by atoms with van der Waals surface area (Å²) in [6.45, 7) is 3.76. The minimum absolute atomic E-state index is 0.0373. The molecule has 7 nitrogen and oxygen atoms in total. The number of aliphatic hydroxyl groups excluding tert-OH is 1. The van der Waals surface area contributed by atoms with E-state index in [9.17, 15) is 14.7 Å². The fourth-order valence-electron chi connectivity index (χ4n) is 4.11. The first-order valence-electron chi connectivity index (χ1n) is 10.5. The number of methoxy groups -OCH3 is 1. The summed E-state index contributed by atoms with van der Waals surface area (Å²) in [6, 6.07) is 13.0. The van der Waals surface area contributed by atoms with E-state index in [4.69, 9.17) is 21.1 Å². The van der Waals surface area contributed by atoms with Crippen LogP contribution in [0.5, 0.6) is 5.75 Å². The number of Topliss-reactive ketones (excluding diaryl/α,β-unsaturated/α-hetero) is 1. The van der Waals surface area contributed by atoms with E-state index in [0.717, 1.165) is 13.1 Å². The SMILES string of the molecule is COc1ccc(/C(O)=C2\C(=O)C(=O)N(CCN3CCOCC3)[C@@H]2c2ccccc2Cl)cc1. The average molecular weight is 457 g/mol. The summed E-state index contributed by atoms with van der Waals surface area (Å²) in [7, 11) is 1.55. The second kappa shape index (κ2) is 9.73. The highest BCUT2D eigenvalue weighted by Gasteiger charge is 2.46. The molecule has 0 bridgehead atoms. The van der Waals surface area contributed by atoms with Crippen molar-refractivity contribution in [3.63, 3.8) is 0 Å². The smallest absolute Gasteiger partial charge is 0.295 e. The number of benzene rings is 2. The molecule has 2 aromatic rings. The van der Waals surface area contributed by atoms with Crippen LogP contribution in [0.1, 0.15) is 17.2 Å². The molecule has 1 N–H and O–H groups in total. The topological polar surface area (TPSA) is 79.3 Å². The van der Waals surface area contributed by atoms with Crippen LogP contribution in [0.3, 0.4) is 0 Å². The first-order valence-corrected chi connectivity index (χ1v) is 10.9. The molecule has 2 aliphatic rings. The fourth-order valence-corrected chi connectivity index (χ4v) is 4.35. The monoisotopic (exact) mass is 456 g/mol. The molecule has 32 heavy (non-hydrogen) atoms. The average Bonchev–Trinajstić information content (AvgIpc) is 3.08. The molecule has 4 rings (SSSR count). The Morgan fingerprint density at radius 1 is 1.09 bits per heavy atom. The van der Waals surface area contributed by atoms with Crippen LogP contribution in [0.15, 0.2) is 54.1 Å². The van der Waals surface area contributed by atoms with Gasteiger partial charge in [-0.05, 0) is 35.9 Å². The number of carbonyl (C=O) groups is 2. The highest BCUT2D eigenvalue weighted by atomic mass is 35.5. The molecule has 2 heterocycles. The maximum Gasteiger partial charge on any atom is 0.295 e. The van der Waals surface area contributed by atoms with Gasteiger partial charge >= 0.3 is 0 Å². The van der Waals surface area contributed by atoms with Crippen LogP contribution < -0.4 is 4.74 Å². The Kier molecular flexibility index (Phi) is 6.79. The van der Waals surface area contributed by atoms with Crippen molar-refractivity contribution in [2.75, 3.05) is 46.5 Å². The predicted octanol–water partition coefficient (Wildman–Crippen LogP) is 3.10. The first kappa shape index (κ1) is 22.3. The molecule has 2 fully saturated rings. The van der Waals surface area contributed by atoms with Gasteiger partial charge in [0.05, 0.1) is 31.9 Å². The third kappa shape index (κ3) is 4.37. The Bertz CT molecular complexity index is 1030. The lowest BCUT2D eigenvalue weighted by Crippen LogP contribution is -2.42. The molecular weight excluding hydrogens is 432 g/mol. The van der Waals surface area contributed by atoms with Gasteiger partial charge in [0.2, 0.25) is 0 Å². The molecule has 0 aromatic heterocycles. The summed E-state index contributed by atoms with van der Waals surface area (Å²) in [5.41, 5.74) is 1.06. The highest BCUT2D eigenvalue weighted by molar-refractivity contribution is 6.47. The molecule has 0 unspecified atom stereocenters. The second-order valence-electron chi connectivity index (χ2n) is 7.70. The number of ketones is 1. The van der Waals surface area contributed by atoms with Crippen LogP contribution in [0.25, 0.3) is 5.76 Å². The number of hydrogen-bond donors (Lipinski definition) is 1. The molecule has 2 aliphatic heterocycles. The first-order chi connectivity index (χ1) is 15.5. The van der Waals surface area contributed by atoms with Crippen molar-refractivity contribution < 1.29 is 24.2 Å². The molecule has 1 atom stereocenters. The summed E-state index contributed by atoms with van der Waals surface area (Å²) < 4.78 is 10.6. The number of hydrogen-bond acceptors (Lipinski definition) is 6. The van der Waals surface area contributed by atoms with Crippen molar-refractivity contribution in [2.24, 2.45) is 0 Å². The number of morpholine rings is 1. The number of rotatable bonds is 6. The summed E-state index contributed by atoms with van der Waals surface area (Å²) in [5, 5.41) is 11.5. The Labute approximate surface area is 191 Å². The van der Waals surface area contributed by atoms with Gasteiger partial charge in [-0.2, -0.15) is 0 Å². The fraction of sp³-hybridized carbons (Fsp3) is 0.333. The van der Waals surface area contributed by atoms with Crippen LogP contribution in [0, 0.1) is 0 Å². The van der Waals surface area contributed by atoms with E-state index in [2.05, 4.69) is 4.90 Å². The number of likely N-dealkylation sites (tertiary alicyclic amines) is 1. The zero-order valence-corrected chi connectivity index (χ0v) is 18.5. The molecular formula is C24H25ClN2O5. The van der Waals surface area contributed by atoms with E-state index in [1.165, 1.54) is 4.90 Å². The van der Waals surface area contributed by atoms with Gasteiger partial charge in [0.1, 0.15) is 11.5 Å². The number of halogens is 1. The predicted molar refractivity (Wildman–Crippen MR) is 121 cm³/mol. The molecule has 1 amide bonds. The number of nitrogens with zero attached hydrogens (tertiary/aromatic N) is 2. The van der Waals surface area contributed by atoms with Crippen molar-refractivity contribution >= 4 is 29.1 Å². The maximum atomic E-state index is 13.1. The molecule has 8 heteroatoms. The number of ether oxygens (including phenoxy) is 2. The molecule has 0 spiro atoms. The molecule has 2 aromatic carbocycles. The van der Waals surface area contributed by atoms with Crippen LogP contribution in [-0.4, -0.2) is 73.1 Å². The Morgan fingerprint density at radius 3 is 2.44 bits per heavy atom. The second-order valence-corrected chi connectivity index (χ2v) is 8.10. The third-order valence-corrected chi connectivity index (χ3v) is 6.21. The van der Waals surface area contributed by atoms with E-state index in [0.29, 0.717) is 48.2 Å². The summed E-state index contributed by atoms with van der Waals surface area (Å²) in [4.78, 5) is 29.8. The standard InChI is InChI=1S/C24H25ClN2O5/c1-31-17-8-6-16(7-9-17)22(28)20-21(18-4-2-3-5-19(18)25)27(24(30)23(20)29)11-10-26-12-14-32-15-13-26/h2-9,21,28H,10-15H2,1H3/b22-20+/t21-/m1/s1. The zero-order valence-electron chi connectivity index (χ0n) is 17.8. The van der Waals surface area contributed by atoms with E-state index >= 15 is 0 Å². The van der Waals surface area contributed by atoms with Gasteiger partial charge in [0.15, 0.2) is 0 Å². The number of carbonyl (C=O) groups excluding carboxylic acids is 2. The molecule has 0 aliphatic carbocycles. The molecule has 0 saturated carbocycles. The van der Waals surface area contributed by atoms with E-state index in [1.54, 1.807) is 55.6 Å². The molecule has 0 radical (unpaired) electrons. The summed E-state index contributed by atoms with van der Waals surface area (Å²) >= 11 is 6.47. The number of aliphatic hydroxyl groups is 1. The lowest BCUT2D eigenvalue weighted by molar-refractivity contribution is -0.140. The Morgan fingerprint density at radius 2 is 1.78 bits per heavy atom. The van der Waals surface area contributed by atoms with Gasteiger partial charge in [0.25, 0.3) is 11.7 Å². The number of amides is 1. The quantitative estimate of drug-likeness (QED) is 0.409. The molecule has 2 saturated heterocycles. The van der Waals surface area contributed by atoms with Gasteiger partial charge in [-0.15, -0.1) is 0 Å². The Balaban J connectivity index is 1.74. The minimum atomic E-state index is -0.771. The van der Waals surface area contributed by atoms with Crippen molar-refractivity contribution in [3.8, 4) is 5.75 Å². The van der Waals surface area contributed by atoms with Crippen LogP contribution in [0.2, 0.25) is 5.02 Å². The normalized spacial score (nSPS) is 21.2. The van der Waals surface area contributed by atoms with Gasteiger partial charge in [-0.25, -0.2) is 0 Å². The van der Waals surface area contributed by atoms with Crippen LogP contribution in [-0.2, 0) is 14.3 Å².